The highest BCUT2D eigenvalue weighted by molar-refractivity contribution is 7.19. The van der Waals surface area contributed by atoms with Crippen LogP contribution in [0, 0.1) is 25.2 Å². The molecule has 0 aliphatic carbocycles. The smallest absolute Gasteiger partial charge is 0.142 e. The van der Waals surface area contributed by atoms with Gasteiger partial charge in [-0.15, -0.1) is 11.3 Å². The van der Waals surface area contributed by atoms with Crippen molar-refractivity contribution in [2.75, 3.05) is 0 Å². The van der Waals surface area contributed by atoms with E-state index in [2.05, 4.69) is 65.1 Å². The van der Waals surface area contributed by atoms with Gasteiger partial charge in [-0.2, -0.15) is 5.26 Å². The summed E-state index contributed by atoms with van der Waals surface area (Å²) in [6, 6.07) is 33.2. The van der Waals surface area contributed by atoms with Crippen LogP contribution < -0.4 is 0 Å². The third-order valence-corrected chi connectivity index (χ3v) is 7.85. The molecular weight excluding hydrogens is 484 g/mol. The number of rotatable bonds is 6. The van der Waals surface area contributed by atoms with Crippen molar-refractivity contribution in [2.45, 2.75) is 26.3 Å². The van der Waals surface area contributed by atoms with Crippen LogP contribution >= 0.6 is 11.3 Å². The molecule has 38 heavy (non-hydrogen) atoms. The van der Waals surface area contributed by atoms with E-state index in [1.807, 2.05) is 67.6 Å². The summed E-state index contributed by atoms with van der Waals surface area (Å²) in [6.07, 6.45) is 4.81. The number of aryl methyl sites for hydroxylation is 2. The summed E-state index contributed by atoms with van der Waals surface area (Å²) in [7, 11) is 0. The van der Waals surface area contributed by atoms with Crippen LogP contribution in [0.2, 0.25) is 0 Å². The van der Waals surface area contributed by atoms with E-state index in [4.69, 9.17) is 4.99 Å². The molecule has 3 aromatic heterocycles. The van der Waals surface area contributed by atoms with Gasteiger partial charge in [-0.3, -0.25) is 9.98 Å². The van der Waals surface area contributed by atoms with Gasteiger partial charge in [-0.25, -0.2) is 0 Å². The van der Waals surface area contributed by atoms with Crippen molar-refractivity contribution in [1.82, 2.24) is 9.38 Å². The molecule has 0 N–H and O–H groups in total. The van der Waals surface area contributed by atoms with E-state index in [0.717, 1.165) is 38.6 Å². The van der Waals surface area contributed by atoms with E-state index < -0.39 is 6.04 Å². The van der Waals surface area contributed by atoms with E-state index in [9.17, 15) is 5.26 Å². The van der Waals surface area contributed by atoms with Crippen LogP contribution in [-0.4, -0.2) is 21.1 Å². The summed E-state index contributed by atoms with van der Waals surface area (Å²) >= 11 is 1.74. The summed E-state index contributed by atoms with van der Waals surface area (Å²) < 4.78 is 3.37. The maximum Gasteiger partial charge on any atom is 0.142 e. The average Bonchev–Trinajstić information content (AvgIpc) is 3.55. The molecule has 0 fully saturated rings. The molecule has 1 unspecified atom stereocenters. The molecule has 6 rings (SSSR count). The average molecular weight is 511 g/mol. The van der Waals surface area contributed by atoms with Crippen LogP contribution in [0.4, 0.5) is 0 Å². The van der Waals surface area contributed by atoms with Gasteiger partial charge in [0.1, 0.15) is 6.04 Å². The fourth-order valence-corrected chi connectivity index (χ4v) is 6.02. The van der Waals surface area contributed by atoms with Gasteiger partial charge in [0.2, 0.25) is 0 Å². The van der Waals surface area contributed by atoms with Crippen molar-refractivity contribution in [2.24, 2.45) is 4.99 Å². The Balaban J connectivity index is 1.32. The van der Waals surface area contributed by atoms with E-state index >= 15 is 0 Å². The van der Waals surface area contributed by atoms with Crippen molar-refractivity contribution < 1.29 is 0 Å². The van der Waals surface area contributed by atoms with Gasteiger partial charge in [0.15, 0.2) is 0 Å². The van der Waals surface area contributed by atoms with Gasteiger partial charge < -0.3 is 4.40 Å². The quantitative estimate of drug-likeness (QED) is 0.215. The number of nitriles is 1. The highest BCUT2D eigenvalue weighted by atomic mass is 32.1. The first-order valence-corrected chi connectivity index (χ1v) is 13.5. The standard InChI is InChI=1S/C33H26N4S/c1-22-20-37-21-28(17-31(37)23(2)35-22)26-13-14-32-27(15-26)16-30(38-32)18-29(19-34)36-33(24-9-5-3-6-10-24)25-11-7-4-8-12-25/h3-17,20-21,29H,18H2,1-2H3. The lowest BCUT2D eigenvalue weighted by molar-refractivity contribution is 0.837. The lowest BCUT2D eigenvalue weighted by Crippen LogP contribution is -2.12. The van der Waals surface area contributed by atoms with Gasteiger partial charge in [-0.05, 0) is 49.1 Å². The fourth-order valence-electron chi connectivity index (χ4n) is 4.94. The normalized spacial score (nSPS) is 11.9. The minimum absolute atomic E-state index is 0.478. The second kappa shape index (κ2) is 10.1. The second-order valence-electron chi connectivity index (χ2n) is 9.51. The highest BCUT2D eigenvalue weighted by Gasteiger charge is 2.15. The molecule has 0 aliphatic heterocycles. The zero-order chi connectivity index (χ0) is 26.1. The molecule has 0 radical (unpaired) electrons. The molecule has 0 spiro atoms. The molecule has 4 nitrogen and oxygen atoms in total. The number of aromatic nitrogens is 2. The Hall–Kier alpha value is -4.53. The Morgan fingerprint density at radius 3 is 2.29 bits per heavy atom. The summed E-state index contributed by atoms with van der Waals surface area (Å²) in [5.41, 5.74) is 8.39. The number of aliphatic imine (C=N–C) groups is 1. The Morgan fingerprint density at radius 2 is 1.61 bits per heavy atom. The summed E-state index contributed by atoms with van der Waals surface area (Å²) in [6.45, 7) is 4.07. The first kappa shape index (κ1) is 23.8. The second-order valence-corrected chi connectivity index (χ2v) is 10.7. The molecule has 184 valence electrons. The summed E-state index contributed by atoms with van der Waals surface area (Å²) in [5, 5.41) is 11.2. The third-order valence-electron chi connectivity index (χ3n) is 6.71. The maximum absolute atomic E-state index is 10.0. The number of hydrogen-bond acceptors (Lipinski definition) is 4. The topological polar surface area (TPSA) is 53.5 Å². The highest BCUT2D eigenvalue weighted by Crippen LogP contribution is 2.32. The monoisotopic (exact) mass is 510 g/mol. The van der Waals surface area contributed by atoms with Gasteiger partial charge in [0.05, 0.1) is 28.7 Å². The van der Waals surface area contributed by atoms with E-state index in [1.165, 1.54) is 21.2 Å². The molecule has 0 saturated carbocycles. The molecule has 1 atom stereocenters. The first-order valence-electron chi connectivity index (χ1n) is 12.6. The largest absolute Gasteiger partial charge is 0.320 e. The molecule has 0 amide bonds. The Labute approximate surface area is 226 Å². The van der Waals surface area contributed by atoms with Crippen molar-refractivity contribution in [3.05, 3.63) is 131 Å². The predicted octanol–water partition coefficient (Wildman–Crippen LogP) is 7.81. The van der Waals surface area contributed by atoms with Gasteiger partial charge in [0.25, 0.3) is 0 Å². The van der Waals surface area contributed by atoms with Crippen molar-refractivity contribution in [1.29, 1.82) is 5.26 Å². The summed E-state index contributed by atoms with van der Waals surface area (Å²) in [4.78, 5) is 10.7. The van der Waals surface area contributed by atoms with Crippen LogP contribution in [0.25, 0.3) is 26.7 Å². The van der Waals surface area contributed by atoms with Crippen molar-refractivity contribution in [3.63, 3.8) is 0 Å². The Morgan fingerprint density at radius 1 is 0.895 bits per heavy atom. The molecule has 3 aromatic carbocycles. The van der Waals surface area contributed by atoms with E-state index in [-0.39, 0.29) is 0 Å². The van der Waals surface area contributed by atoms with Gasteiger partial charge in [-0.1, -0.05) is 66.7 Å². The van der Waals surface area contributed by atoms with E-state index in [1.54, 1.807) is 11.3 Å². The Kier molecular flexibility index (Phi) is 6.33. The van der Waals surface area contributed by atoms with Gasteiger partial charge >= 0.3 is 0 Å². The van der Waals surface area contributed by atoms with Crippen molar-refractivity contribution >= 4 is 32.7 Å². The third kappa shape index (κ3) is 4.74. The lowest BCUT2D eigenvalue weighted by atomic mass is 10.0. The zero-order valence-electron chi connectivity index (χ0n) is 21.3. The molecule has 6 aromatic rings. The first-order chi connectivity index (χ1) is 18.6. The minimum Gasteiger partial charge on any atom is -0.320 e. The number of nitrogens with zero attached hydrogens (tertiary/aromatic N) is 4. The van der Waals surface area contributed by atoms with Crippen LogP contribution in [0.5, 0.6) is 0 Å². The SMILES string of the molecule is Cc1cn2cc(-c3ccc4sc(CC(C#N)N=C(c5ccccc5)c5ccccc5)cc4c3)cc2c(C)n1. The Bertz CT molecular complexity index is 1780. The molecule has 0 aliphatic rings. The zero-order valence-corrected chi connectivity index (χ0v) is 22.1. The predicted molar refractivity (Wildman–Crippen MR) is 157 cm³/mol. The molecule has 0 saturated heterocycles. The van der Waals surface area contributed by atoms with Crippen LogP contribution in [0.15, 0.2) is 108 Å². The molecule has 3 heterocycles. The van der Waals surface area contributed by atoms with Crippen LogP contribution in [0.3, 0.4) is 0 Å². The van der Waals surface area contributed by atoms with Crippen LogP contribution in [-0.2, 0) is 6.42 Å². The maximum atomic E-state index is 10.0. The van der Waals surface area contributed by atoms with E-state index in [0.29, 0.717) is 6.42 Å². The summed E-state index contributed by atoms with van der Waals surface area (Å²) in [5.74, 6) is 0. The molecule has 5 heteroatoms. The molecule has 0 bridgehead atoms. The number of benzene rings is 3. The van der Waals surface area contributed by atoms with Gasteiger partial charge in [0, 0.05) is 45.1 Å². The lowest BCUT2D eigenvalue weighted by Gasteiger charge is -2.10. The number of thiophene rings is 1. The van der Waals surface area contributed by atoms with Crippen LogP contribution in [0.1, 0.15) is 27.4 Å². The fraction of sp³-hybridized carbons (Fsp3) is 0.121. The van der Waals surface area contributed by atoms with Crippen molar-refractivity contribution in [3.8, 4) is 17.2 Å². The molecular formula is C33H26N4S. The number of hydrogen-bond donors (Lipinski definition) is 0. The minimum atomic E-state index is -0.478. The number of fused-ring (bicyclic) bond motifs is 2.